The summed E-state index contributed by atoms with van der Waals surface area (Å²) in [6.07, 6.45) is 0.380. The van der Waals surface area contributed by atoms with Crippen molar-refractivity contribution < 1.29 is 19.8 Å². The summed E-state index contributed by atoms with van der Waals surface area (Å²) in [7, 11) is 0. The van der Waals surface area contributed by atoms with E-state index in [4.69, 9.17) is 5.11 Å². The highest BCUT2D eigenvalue weighted by molar-refractivity contribution is 5.87. The Labute approximate surface area is 163 Å². The van der Waals surface area contributed by atoms with E-state index >= 15 is 0 Å². The topological polar surface area (TPSA) is 77.8 Å². The fraction of sp³-hybridized carbons (Fsp3) is 0.130. The first-order valence-electron chi connectivity index (χ1n) is 9.00. The highest BCUT2D eigenvalue weighted by atomic mass is 16.4. The van der Waals surface area contributed by atoms with Gasteiger partial charge in [0, 0.05) is 17.9 Å². The molecule has 0 spiro atoms. The molecular formula is C23H21NO4. The summed E-state index contributed by atoms with van der Waals surface area (Å²) in [5, 5.41) is 18.8. The van der Waals surface area contributed by atoms with Crippen LogP contribution < -0.4 is 4.90 Å². The first-order valence-corrected chi connectivity index (χ1v) is 9.00. The molecule has 0 aliphatic rings. The van der Waals surface area contributed by atoms with Crippen LogP contribution in [0.5, 0.6) is 0 Å². The van der Waals surface area contributed by atoms with Crippen LogP contribution in [0.15, 0.2) is 84.9 Å². The molecule has 0 aromatic heterocycles. The number of carbonyl (C=O) groups is 2. The number of hydrogen-bond donors (Lipinski definition) is 2. The van der Waals surface area contributed by atoms with Crippen molar-refractivity contribution >= 4 is 23.3 Å². The van der Waals surface area contributed by atoms with Gasteiger partial charge in [0.05, 0.1) is 11.5 Å². The number of hydrogen-bond acceptors (Lipinski definition) is 3. The zero-order valence-electron chi connectivity index (χ0n) is 15.2. The Balaban J connectivity index is 1.83. The average molecular weight is 375 g/mol. The van der Waals surface area contributed by atoms with E-state index in [1.165, 1.54) is 12.1 Å². The normalized spacial score (nSPS) is 11.6. The van der Waals surface area contributed by atoms with Crippen LogP contribution in [-0.4, -0.2) is 28.7 Å². The van der Waals surface area contributed by atoms with E-state index in [9.17, 15) is 14.7 Å². The summed E-state index contributed by atoms with van der Waals surface area (Å²) in [4.78, 5) is 25.0. The SMILES string of the molecule is O=C(O)c1ccc(C(CCN(c2ccccc2)c2ccccc2)C(=O)O)cc1. The third kappa shape index (κ3) is 4.57. The molecule has 0 radical (unpaired) electrons. The summed E-state index contributed by atoms with van der Waals surface area (Å²) in [5.74, 6) is -2.68. The van der Waals surface area contributed by atoms with Gasteiger partial charge in [0.15, 0.2) is 0 Å². The van der Waals surface area contributed by atoms with Gasteiger partial charge in [-0.2, -0.15) is 0 Å². The number of benzene rings is 3. The minimum atomic E-state index is -1.03. The van der Waals surface area contributed by atoms with Gasteiger partial charge < -0.3 is 15.1 Å². The Morgan fingerprint density at radius 3 is 1.68 bits per heavy atom. The molecule has 0 aliphatic carbocycles. The minimum Gasteiger partial charge on any atom is -0.481 e. The van der Waals surface area contributed by atoms with Gasteiger partial charge in [0.25, 0.3) is 0 Å². The molecule has 0 saturated heterocycles. The smallest absolute Gasteiger partial charge is 0.335 e. The van der Waals surface area contributed by atoms with Crippen molar-refractivity contribution in [1.82, 2.24) is 0 Å². The third-order valence-corrected chi connectivity index (χ3v) is 4.64. The molecule has 5 nitrogen and oxygen atoms in total. The van der Waals surface area contributed by atoms with Gasteiger partial charge in [-0.3, -0.25) is 4.79 Å². The maximum atomic E-state index is 11.9. The molecule has 1 unspecified atom stereocenters. The van der Waals surface area contributed by atoms with Crippen molar-refractivity contribution in [2.24, 2.45) is 0 Å². The third-order valence-electron chi connectivity index (χ3n) is 4.64. The molecule has 0 fully saturated rings. The zero-order chi connectivity index (χ0) is 19.9. The zero-order valence-corrected chi connectivity index (χ0v) is 15.2. The standard InChI is InChI=1S/C23H21NO4/c25-22(26)18-13-11-17(12-14-18)21(23(27)28)15-16-24(19-7-3-1-4-8-19)20-9-5-2-6-10-20/h1-14,21H,15-16H2,(H,25,26)(H,27,28). The van der Waals surface area contributed by atoms with Crippen molar-refractivity contribution in [1.29, 1.82) is 0 Å². The Bertz CT molecular complexity index is 884. The number of rotatable bonds is 8. The molecule has 0 aliphatic heterocycles. The van der Waals surface area contributed by atoms with Crippen molar-refractivity contribution in [3.8, 4) is 0 Å². The quantitative estimate of drug-likeness (QED) is 0.592. The van der Waals surface area contributed by atoms with Crippen LogP contribution in [0, 0.1) is 0 Å². The maximum absolute atomic E-state index is 11.9. The summed E-state index contributed by atoms with van der Waals surface area (Å²) in [5.41, 5.74) is 2.71. The van der Waals surface area contributed by atoms with E-state index in [2.05, 4.69) is 4.90 Å². The van der Waals surface area contributed by atoms with Crippen LogP contribution in [0.2, 0.25) is 0 Å². The lowest BCUT2D eigenvalue weighted by Gasteiger charge is -2.26. The molecule has 0 amide bonds. The number of aliphatic carboxylic acids is 1. The van der Waals surface area contributed by atoms with Gasteiger partial charge in [-0.25, -0.2) is 4.79 Å². The van der Waals surface area contributed by atoms with Crippen molar-refractivity contribution in [2.75, 3.05) is 11.4 Å². The van der Waals surface area contributed by atoms with Gasteiger partial charge in [-0.05, 0) is 48.4 Å². The summed E-state index contributed by atoms with van der Waals surface area (Å²) in [6.45, 7) is 0.506. The second kappa shape index (κ2) is 8.86. The number of nitrogens with zero attached hydrogens (tertiary/aromatic N) is 1. The molecule has 0 saturated carbocycles. The van der Waals surface area contributed by atoms with Gasteiger partial charge in [0.2, 0.25) is 0 Å². The monoisotopic (exact) mass is 375 g/mol. The van der Waals surface area contributed by atoms with Crippen LogP contribution in [0.1, 0.15) is 28.3 Å². The summed E-state index contributed by atoms with van der Waals surface area (Å²) in [6, 6.07) is 25.7. The van der Waals surface area contributed by atoms with E-state index in [-0.39, 0.29) is 5.56 Å². The Hall–Kier alpha value is -3.60. The van der Waals surface area contributed by atoms with E-state index < -0.39 is 17.9 Å². The van der Waals surface area contributed by atoms with Crippen molar-refractivity contribution in [3.63, 3.8) is 0 Å². The van der Waals surface area contributed by atoms with E-state index in [1.54, 1.807) is 12.1 Å². The van der Waals surface area contributed by atoms with Crippen molar-refractivity contribution in [3.05, 3.63) is 96.1 Å². The second-order valence-corrected chi connectivity index (χ2v) is 6.43. The van der Waals surface area contributed by atoms with E-state index in [0.717, 1.165) is 11.4 Å². The van der Waals surface area contributed by atoms with Crippen LogP contribution in [0.4, 0.5) is 11.4 Å². The molecule has 0 bridgehead atoms. The highest BCUT2D eigenvalue weighted by Gasteiger charge is 2.22. The molecule has 3 aromatic rings. The Kier molecular flexibility index (Phi) is 6.07. The molecule has 5 heteroatoms. The molecule has 28 heavy (non-hydrogen) atoms. The van der Waals surface area contributed by atoms with Gasteiger partial charge in [-0.1, -0.05) is 48.5 Å². The first kappa shape index (κ1) is 19.2. The average Bonchev–Trinajstić information content (AvgIpc) is 2.72. The lowest BCUT2D eigenvalue weighted by Crippen LogP contribution is -2.23. The van der Waals surface area contributed by atoms with E-state index in [1.807, 2.05) is 60.7 Å². The van der Waals surface area contributed by atoms with Gasteiger partial charge in [0.1, 0.15) is 0 Å². The van der Waals surface area contributed by atoms with Crippen LogP contribution in [-0.2, 0) is 4.79 Å². The number of carboxylic acid groups (broad SMARTS) is 2. The number of para-hydroxylation sites is 2. The fourth-order valence-corrected chi connectivity index (χ4v) is 3.17. The molecule has 3 aromatic carbocycles. The van der Waals surface area contributed by atoms with Crippen LogP contribution in [0.3, 0.4) is 0 Å². The second-order valence-electron chi connectivity index (χ2n) is 6.43. The number of aromatic carboxylic acids is 1. The predicted octanol–water partition coefficient (Wildman–Crippen LogP) is 4.78. The van der Waals surface area contributed by atoms with Gasteiger partial charge in [-0.15, -0.1) is 0 Å². The minimum absolute atomic E-state index is 0.142. The fourth-order valence-electron chi connectivity index (χ4n) is 3.17. The number of anilines is 2. The Morgan fingerprint density at radius 1 is 0.750 bits per heavy atom. The molecule has 3 rings (SSSR count). The molecule has 142 valence electrons. The summed E-state index contributed by atoms with van der Waals surface area (Å²) >= 11 is 0. The first-order chi connectivity index (χ1) is 13.6. The summed E-state index contributed by atoms with van der Waals surface area (Å²) < 4.78 is 0. The van der Waals surface area contributed by atoms with Crippen molar-refractivity contribution in [2.45, 2.75) is 12.3 Å². The largest absolute Gasteiger partial charge is 0.481 e. The molecule has 2 N–H and O–H groups in total. The molecule has 1 atom stereocenters. The molecule has 0 heterocycles. The molecular weight excluding hydrogens is 354 g/mol. The van der Waals surface area contributed by atoms with Crippen LogP contribution >= 0.6 is 0 Å². The Morgan fingerprint density at radius 2 is 1.25 bits per heavy atom. The van der Waals surface area contributed by atoms with Gasteiger partial charge >= 0.3 is 11.9 Å². The van der Waals surface area contributed by atoms with E-state index in [0.29, 0.717) is 18.5 Å². The lowest BCUT2D eigenvalue weighted by molar-refractivity contribution is -0.138. The lowest BCUT2D eigenvalue weighted by atomic mass is 9.94. The number of carboxylic acids is 2. The predicted molar refractivity (Wildman–Crippen MR) is 108 cm³/mol. The highest BCUT2D eigenvalue weighted by Crippen LogP contribution is 2.28. The van der Waals surface area contributed by atoms with Crippen LogP contribution in [0.25, 0.3) is 0 Å². The maximum Gasteiger partial charge on any atom is 0.335 e.